The molecule has 0 aliphatic rings. The molecule has 0 saturated heterocycles. The summed E-state index contributed by atoms with van der Waals surface area (Å²) >= 11 is 0. The highest BCUT2D eigenvalue weighted by Gasteiger charge is 2.16. The zero-order valence-electron chi connectivity index (χ0n) is 8.57. The molecule has 1 aromatic rings. The van der Waals surface area contributed by atoms with Gasteiger partial charge in [-0.3, -0.25) is 9.99 Å². The summed E-state index contributed by atoms with van der Waals surface area (Å²) in [5, 5.41) is 2.56. The first-order valence-corrected chi connectivity index (χ1v) is 4.30. The van der Waals surface area contributed by atoms with Gasteiger partial charge >= 0.3 is 6.09 Å². The number of rotatable bonds is 1. The Bertz CT molecular complexity index is 325. The van der Waals surface area contributed by atoms with Gasteiger partial charge in [0.25, 0.3) is 0 Å². The molecule has 0 saturated carbocycles. The largest absolute Gasteiger partial charge is 0.444 e. The van der Waals surface area contributed by atoms with E-state index in [9.17, 15) is 4.79 Å². The molecule has 3 N–H and O–H groups in total. The highest BCUT2D eigenvalue weighted by atomic mass is 16.6. The Morgan fingerprint density at radius 1 is 1.57 bits per heavy atom. The summed E-state index contributed by atoms with van der Waals surface area (Å²) in [6.45, 7) is 5.42. The first kappa shape index (κ1) is 10.4. The number of carbonyl (C=O) groups is 1. The lowest BCUT2D eigenvalue weighted by atomic mass is 10.2. The van der Waals surface area contributed by atoms with Gasteiger partial charge in [0.2, 0.25) is 0 Å². The van der Waals surface area contributed by atoms with Crippen molar-refractivity contribution in [2.24, 2.45) is 0 Å². The van der Waals surface area contributed by atoms with Crippen LogP contribution in [0.3, 0.4) is 0 Å². The number of amides is 1. The fourth-order valence-corrected chi connectivity index (χ4v) is 0.908. The molecule has 0 unspecified atom stereocenters. The molecule has 0 fully saturated rings. The van der Waals surface area contributed by atoms with Crippen molar-refractivity contribution >= 4 is 11.8 Å². The number of hydrogen-bond donors (Lipinski definition) is 2. The molecule has 0 aliphatic heterocycles. The third-order valence-corrected chi connectivity index (χ3v) is 1.36. The molecule has 0 atom stereocenters. The number of nitrogens with zero attached hydrogens (tertiary/aromatic N) is 1. The predicted octanol–water partition coefficient (Wildman–Crippen LogP) is 1.55. The van der Waals surface area contributed by atoms with Crippen molar-refractivity contribution < 1.29 is 9.53 Å². The molecule has 1 heterocycles. The number of nitrogens with two attached hydrogens (primary N) is 1. The minimum Gasteiger partial charge on any atom is -0.444 e. The zero-order valence-corrected chi connectivity index (χ0v) is 8.57. The highest BCUT2D eigenvalue weighted by molar-refractivity contribution is 5.84. The van der Waals surface area contributed by atoms with Crippen LogP contribution in [0.2, 0.25) is 0 Å². The summed E-state index contributed by atoms with van der Waals surface area (Å²) < 4.78 is 6.40. The summed E-state index contributed by atoms with van der Waals surface area (Å²) in [5.41, 5.74) is 0.122. The second-order valence-corrected chi connectivity index (χ2v) is 3.97. The maximum absolute atomic E-state index is 11.3. The Morgan fingerprint density at radius 3 is 2.64 bits per heavy atom. The number of carbonyl (C=O) groups excluding carboxylic acids is 1. The predicted molar refractivity (Wildman–Crippen MR) is 54.4 cm³/mol. The molecule has 78 valence electrons. The van der Waals surface area contributed by atoms with Gasteiger partial charge < -0.3 is 10.6 Å². The smallest absolute Gasteiger partial charge is 0.412 e. The van der Waals surface area contributed by atoms with Crippen molar-refractivity contribution in [2.75, 3.05) is 11.2 Å². The standard InChI is InChI=1S/C9H15N3O2/c1-9(2,3)14-8(13)11-7-4-5-12(10)6-7/h4-6H,10H2,1-3H3,(H,11,13). The molecule has 1 rings (SSSR count). The maximum atomic E-state index is 11.3. The Kier molecular flexibility index (Phi) is 2.69. The van der Waals surface area contributed by atoms with Crippen molar-refractivity contribution in [1.82, 2.24) is 4.68 Å². The second-order valence-electron chi connectivity index (χ2n) is 3.97. The van der Waals surface area contributed by atoms with Crippen molar-refractivity contribution in [1.29, 1.82) is 0 Å². The maximum Gasteiger partial charge on any atom is 0.412 e. The van der Waals surface area contributed by atoms with Crippen LogP contribution in [0.5, 0.6) is 0 Å². The third kappa shape index (κ3) is 3.38. The molecule has 0 aliphatic carbocycles. The van der Waals surface area contributed by atoms with Crippen molar-refractivity contribution in [3.8, 4) is 0 Å². The first-order chi connectivity index (χ1) is 6.37. The van der Waals surface area contributed by atoms with E-state index in [0.29, 0.717) is 5.69 Å². The number of anilines is 1. The zero-order chi connectivity index (χ0) is 10.8. The van der Waals surface area contributed by atoms with Gasteiger partial charge in [-0.2, -0.15) is 0 Å². The number of nitrogen functional groups attached to an aromatic ring is 1. The van der Waals surface area contributed by atoms with E-state index in [0.717, 1.165) is 0 Å². The fraction of sp³-hybridized carbons (Fsp3) is 0.444. The molecule has 0 spiro atoms. The number of aromatic nitrogens is 1. The molecule has 5 heteroatoms. The molecular weight excluding hydrogens is 182 g/mol. The Morgan fingerprint density at radius 2 is 2.21 bits per heavy atom. The first-order valence-electron chi connectivity index (χ1n) is 4.30. The Balaban J connectivity index is 2.50. The summed E-state index contributed by atoms with van der Waals surface area (Å²) in [7, 11) is 0. The van der Waals surface area contributed by atoms with Gasteiger partial charge in [-0.1, -0.05) is 0 Å². The summed E-state index contributed by atoms with van der Waals surface area (Å²) in [6, 6.07) is 1.68. The minimum absolute atomic E-state index is 0.483. The van der Waals surface area contributed by atoms with E-state index in [1.165, 1.54) is 4.68 Å². The fourth-order valence-electron chi connectivity index (χ4n) is 0.908. The average molecular weight is 197 g/mol. The highest BCUT2D eigenvalue weighted by Crippen LogP contribution is 2.10. The lowest BCUT2D eigenvalue weighted by Crippen LogP contribution is -2.27. The van der Waals surface area contributed by atoms with E-state index in [4.69, 9.17) is 10.6 Å². The van der Waals surface area contributed by atoms with E-state index >= 15 is 0 Å². The number of ether oxygens (including phenoxy) is 1. The Hall–Kier alpha value is -1.65. The molecule has 1 amide bonds. The van der Waals surface area contributed by atoms with Crippen molar-refractivity contribution in [2.45, 2.75) is 26.4 Å². The van der Waals surface area contributed by atoms with Crippen LogP contribution in [0, 0.1) is 0 Å². The lowest BCUT2D eigenvalue weighted by molar-refractivity contribution is 0.0636. The van der Waals surface area contributed by atoms with Gasteiger partial charge in [0.15, 0.2) is 0 Å². The lowest BCUT2D eigenvalue weighted by Gasteiger charge is -2.19. The summed E-state index contributed by atoms with van der Waals surface area (Å²) in [6.07, 6.45) is 2.74. The second kappa shape index (κ2) is 3.61. The quantitative estimate of drug-likeness (QED) is 0.671. The normalized spacial score (nSPS) is 11.1. The van der Waals surface area contributed by atoms with Crippen molar-refractivity contribution in [3.63, 3.8) is 0 Å². The van der Waals surface area contributed by atoms with Gasteiger partial charge in [0.1, 0.15) is 5.60 Å². The monoisotopic (exact) mass is 197 g/mol. The van der Waals surface area contributed by atoms with Gasteiger partial charge in [-0.25, -0.2) is 4.79 Å². The van der Waals surface area contributed by atoms with E-state index in [-0.39, 0.29) is 0 Å². The van der Waals surface area contributed by atoms with Crippen LogP contribution in [0.1, 0.15) is 20.8 Å². The molecule has 1 aromatic heterocycles. The molecular formula is C9H15N3O2. The molecule has 5 nitrogen and oxygen atoms in total. The molecule has 0 aromatic carbocycles. The molecule has 14 heavy (non-hydrogen) atoms. The van der Waals surface area contributed by atoms with Crippen LogP contribution < -0.4 is 11.2 Å². The molecule has 0 bridgehead atoms. The van der Waals surface area contributed by atoms with E-state index in [1.807, 2.05) is 0 Å². The van der Waals surface area contributed by atoms with E-state index in [2.05, 4.69) is 5.32 Å². The van der Waals surface area contributed by atoms with Gasteiger partial charge in [-0.05, 0) is 26.8 Å². The molecule has 0 radical (unpaired) electrons. The summed E-state index contributed by atoms with van der Waals surface area (Å²) in [4.78, 5) is 11.3. The van der Waals surface area contributed by atoms with E-state index in [1.54, 1.807) is 39.2 Å². The topological polar surface area (TPSA) is 69.3 Å². The van der Waals surface area contributed by atoms with Crippen LogP contribution in [0.25, 0.3) is 0 Å². The van der Waals surface area contributed by atoms with Crippen LogP contribution in [-0.4, -0.2) is 16.4 Å². The summed E-state index contributed by atoms with van der Waals surface area (Å²) in [5.74, 6) is 5.41. The third-order valence-electron chi connectivity index (χ3n) is 1.36. The van der Waals surface area contributed by atoms with Crippen LogP contribution in [0.15, 0.2) is 18.5 Å². The van der Waals surface area contributed by atoms with Crippen LogP contribution >= 0.6 is 0 Å². The van der Waals surface area contributed by atoms with E-state index < -0.39 is 11.7 Å². The number of hydrogen-bond acceptors (Lipinski definition) is 3. The Labute approximate surface area is 82.8 Å². The van der Waals surface area contributed by atoms with Gasteiger partial charge in [-0.15, -0.1) is 0 Å². The van der Waals surface area contributed by atoms with Crippen LogP contribution in [0.4, 0.5) is 10.5 Å². The van der Waals surface area contributed by atoms with Gasteiger partial charge in [0.05, 0.1) is 5.69 Å². The van der Waals surface area contributed by atoms with Crippen molar-refractivity contribution in [3.05, 3.63) is 18.5 Å². The van der Waals surface area contributed by atoms with Crippen LogP contribution in [-0.2, 0) is 4.74 Å². The van der Waals surface area contributed by atoms with Gasteiger partial charge in [0, 0.05) is 12.4 Å². The average Bonchev–Trinajstić information content (AvgIpc) is 2.30. The number of nitrogens with one attached hydrogen (secondary N) is 1. The SMILES string of the molecule is CC(C)(C)OC(=O)Nc1ccn(N)c1. The minimum atomic E-state index is -0.491.